The van der Waals surface area contributed by atoms with Crippen molar-refractivity contribution in [2.45, 2.75) is 13.0 Å². The van der Waals surface area contributed by atoms with Gasteiger partial charge in [0.05, 0.1) is 20.3 Å². The molecule has 0 fully saturated rings. The zero-order chi connectivity index (χ0) is 15.2. The molecular weight excluding hydrogens is 268 g/mol. The minimum absolute atomic E-state index is 0.0735. The summed E-state index contributed by atoms with van der Waals surface area (Å²) in [6.45, 7) is 2.06. The van der Waals surface area contributed by atoms with Gasteiger partial charge >= 0.3 is 0 Å². The number of methoxy groups -OCH3 is 2. The number of nitrogens with zero attached hydrogens (tertiary/aromatic N) is 2. The van der Waals surface area contributed by atoms with Gasteiger partial charge in [-0.15, -0.1) is 0 Å². The molecule has 2 aromatic rings. The van der Waals surface area contributed by atoms with Crippen LogP contribution >= 0.6 is 0 Å². The summed E-state index contributed by atoms with van der Waals surface area (Å²) in [4.78, 5) is 8.37. The van der Waals surface area contributed by atoms with Gasteiger partial charge in [0.15, 0.2) is 11.6 Å². The Morgan fingerprint density at radius 3 is 2.24 bits per heavy atom. The monoisotopic (exact) mass is 288 g/mol. The fraction of sp³-hybridized carbons (Fsp3) is 0.333. The largest absolute Gasteiger partial charge is 0.497 e. The predicted molar refractivity (Wildman–Crippen MR) is 83.2 cm³/mol. The maximum absolute atomic E-state index is 5.37. The van der Waals surface area contributed by atoms with Crippen LogP contribution in [0.2, 0.25) is 0 Å². The van der Waals surface area contributed by atoms with Crippen LogP contribution in [0.4, 0.5) is 11.6 Å². The maximum atomic E-state index is 5.37. The number of rotatable bonds is 6. The first-order chi connectivity index (χ1) is 10.2. The lowest BCUT2D eigenvalue weighted by Gasteiger charge is -2.18. The number of ether oxygens (including phenoxy) is 2. The van der Waals surface area contributed by atoms with E-state index in [4.69, 9.17) is 9.47 Å². The van der Waals surface area contributed by atoms with Crippen molar-refractivity contribution in [2.75, 3.05) is 31.9 Å². The van der Waals surface area contributed by atoms with E-state index in [1.54, 1.807) is 21.3 Å². The molecule has 0 saturated heterocycles. The van der Waals surface area contributed by atoms with E-state index in [9.17, 15) is 0 Å². The molecule has 1 aromatic carbocycles. The Labute approximate surface area is 124 Å². The second-order valence-electron chi connectivity index (χ2n) is 4.49. The first kappa shape index (κ1) is 14.9. The topological polar surface area (TPSA) is 68.3 Å². The summed E-state index contributed by atoms with van der Waals surface area (Å²) in [5, 5.41) is 6.32. The number of hydrogen-bond donors (Lipinski definition) is 2. The molecule has 0 bridgehead atoms. The summed E-state index contributed by atoms with van der Waals surface area (Å²) in [5.41, 5.74) is 1.13. The first-order valence-corrected chi connectivity index (χ1v) is 6.66. The van der Waals surface area contributed by atoms with E-state index in [2.05, 4.69) is 27.5 Å². The van der Waals surface area contributed by atoms with Crippen molar-refractivity contribution in [1.29, 1.82) is 0 Å². The van der Waals surface area contributed by atoms with E-state index < -0.39 is 0 Å². The van der Waals surface area contributed by atoms with Crippen molar-refractivity contribution in [3.8, 4) is 11.5 Å². The van der Waals surface area contributed by atoms with Gasteiger partial charge in [0.1, 0.15) is 12.1 Å². The highest BCUT2D eigenvalue weighted by Gasteiger charge is 2.14. The maximum Gasteiger partial charge on any atom is 0.204 e. The molecule has 21 heavy (non-hydrogen) atoms. The second kappa shape index (κ2) is 6.78. The second-order valence-corrected chi connectivity index (χ2v) is 4.49. The van der Waals surface area contributed by atoms with Crippen LogP contribution in [-0.4, -0.2) is 31.2 Å². The fourth-order valence-electron chi connectivity index (χ4n) is 2.03. The predicted octanol–water partition coefficient (Wildman–Crippen LogP) is 2.71. The molecule has 0 aliphatic heterocycles. The van der Waals surface area contributed by atoms with E-state index in [0.29, 0.717) is 17.4 Å². The molecule has 0 radical (unpaired) electrons. The van der Waals surface area contributed by atoms with Crippen LogP contribution in [0, 0.1) is 0 Å². The van der Waals surface area contributed by atoms with Crippen molar-refractivity contribution in [2.24, 2.45) is 0 Å². The summed E-state index contributed by atoms with van der Waals surface area (Å²) >= 11 is 0. The fourth-order valence-corrected chi connectivity index (χ4v) is 2.03. The molecular formula is C15H20N4O2. The highest BCUT2D eigenvalue weighted by molar-refractivity contribution is 5.63. The van der Waals surface area contributed by atoms with E-state index >= 15 is 0 Å². The minimum Gasteiger partial charge on any atom is -0.497 e. The number of benzene rings is 1. The number of aromatic nitrogens is 2. The quantitative estimate of drug-likeness (QED) is 0.852. The number of hydrogen-bond acceptors (Lipinski definition) is 6. The average Bonchev–Trinajstić information content (AvgIpc) is 2.54. The van der Waals surface area contributed by atoms with Crippen LogP contribution in [0.1, 0.15) is 18.5 Å². The lowest BCUT2D eigenvalue weighted by Crippen LogP contribution is -2.10. The van der Waals surface area contributed by atoms with Gasteiger partial charge in [-0.05, 0) is 24.6 Å². The molecule has 0 aliphatic carbocycles. The third kappa shape index (κ3) is 3.34. The Balaban J connectivity index is 2.20. The van der Waals surface area contributed by atoms with E-state index in [1.165, 1.54) is 6.33 Å². The highest BCUT2D eigenvalue weighted by Crippen LogP contribution is 2.31. The van der Waals surface area contributed by atoms with E-state index in [-0.39, 0.29) is 6.04 Å². The van der Waals surface area contributed by atoms with Gasteiger partial charge in [0, 0.05) is 7.05 Å². The molecule has 112 valence electrons. The van der Waals surface area contributed by atoms with Crippen molar-refractivity contribution >= 4 is 11.6 Å². The third-order valence-electron chi connectivity index (χ3n) is 3.21. The van der Waals surface area contributed by atoms with Gasteiger partial charge in [0.25, 0.3) is 0 Å². The summed E-state index contributed by atoms with van der Waals surface area (Å²) in [6.07, 6.45) is 1.50. The van der Waals surface area contributed by atoms with Crippen LogP contribution < -0.4 is 20.1 Å². The van der Waals surface area contributed by atoms with Gasteiger partial charge in [-0.3, -0.25) is 0 Å². The molecule has 0 saturated carbocycles. The molecule has 1 aromatic heterocycles. The van der Waals surface area contributed by atoms with Gasteiger partial charge < -0.3 is 20.1 Å². The standard InChI is InChI=1S/C15H20N4O2/c1-10(11-5-7-12(20-3)8-6-11)19-15-13(21-4)14(16-2)17-9-18-15/h5-10H,1-4H3,(H2,16,17,18,19). The molecule has 1 unspecified atom stereocenters. The van der Waals surface area contributed by atoms with Crippen LogP contribution in [0.15, 0.2) is 30.6 Å². The van der Waals surface area contributed by atoms with Gasteiger partial charge in [-0.25, -0.2) is 9.97 Å². The molecule has 6 nitrogen and oxygen atoms in total. The Morgan fingerprint density at radius 2 is 1.67 bits per heavy atom. The van der Waals surface area contributed by atoms with Crippen molar-refractivity contribution in [1.82, 2.24) is 9.97 Å². The lowest BCUT2D eigenvalue weighted by atomic mass is 10.1. The summed E-state index contributed by atoms with van der Waals surface area (Å²) < 4.78 is 10.5. The first-order valence-electron chi connectivity index (χ1n) is 6.66. The molecule has 2 rings (SSSR count). The molecule has 1 atom stereocenters. The Hall–Kier alpha value is -2.50. The molecule has 1 heterocycles. The van der Waals surface area contributed by atoms with Gasteiger partial charge in [0.2, 0.25) is 5.75 Å². The lowest BCUT2D eigenvalue weighted by molar-refractivity contribution is 0.414. The number of nitrogens with one attached hydrogen (secondary N) is 2. The summed E-state index contributed by atoms with van der Waals surface area (Å²) in [6, 6.07) is 7.98. The molecule has 0 amide bonds. The van der Waals surface area contributed by atoms with Crippen LogP contribution in [0.3, 0.4) is 0 Å². The highest BCUT2D eigenvalue weighted by atomic mass is 16.5. The minimum atomic E-state index is 0.0735. The Bertz CT molecular complexity index is 587. The normalized spacial score (nSPS) is 11.6. The van der Waals surface area contributed by atoms with Crippen molar-refractivity contribution in [3.63, 3.8) is 0 Å². The van der Waals surface area contributed by atoms with Gasteiger partial charge in [-0.2, -0.15) is 0 Å². The van der Waals surface area contributed by atoms with E-state index in [1.807, 2.05) is 24.3 Å². The SMILES string of the molecule is CNc1ncnc(NC(C)c2ccc(OC)cc2)c1OC. The zero-order valence-electron chi connectivity index (χ0n) is 12.7. The summed E-state index contributed by atoms with van der Waals surface area (Å²) in [5.74, 6) is 2.74. The molecule has 6 heteroatoms. The Kier molecular flexibility index (Phi) is 4.81. The molecule has 2 N–H and O–H groups in total. The molecule has 0 aliphatic rings. The zero-order valence-corrected chi connectivity index (χ0v) is 12.7. The van der Waals surface area contributed by atoms with Crippen LogP contribution in [0.5, 0.6) is 11.5 Å². The van der Waals surface area contributed by atoms with Gasteiger partial charge in [-0.1, -0.05) is 12.1 Å². The number of anilines is 2. The Morgan fingerprint density at radius 1 is 1.00 bits per heavy atom. The van der Waals surface area contributed by atoms with Crippen molar-refractivity contribution in [3.05, 3.63) is 36.2 Å². The molecule has 0 spiro atoms. The van der Waals surface area contributed by atoms with Crippen molar-refractivity contribution < 1.29 is 9.47 Å². The third-order valence-corrected chi connectivity index (χ3v) is 3.21. The van der Waals surface area contributed by atoms with Crippen LogP contribution in [-0.2, 0) is 0 Å². The summed E-state index contributed by atoms with van der Waals surface area (Å²) in [7, 11) is 5.05. The smallest absolute Gasteiger partial charge is 0.204 e. The van der Waals surface area contributed by atoms with E-state index in [0.717, 1.165) is 11.3 Å². The van der Waals surface area contributed by atoms with Crippen LogP contribution in [0.25, 0.3) is 0 Å². The average molecular weight is 288 g/mol.